The van der Waals surface area contributed by atoms with Crippen LogP contribution in [-0.2, 0) is 0 Å². The first-order valence-corrected chi connectivity index (χ1v) is 5.45. The third-order valence-electron chi connectivity index (χ3n) is 2.58. The first kappa shape index (κ1) is 10.2. The van der Waals surface area contributed by atoms with Gasteiger partial charge in [-0.2, -0.15) is 4.98 Å². The van der Waals surface area contributed by atoms with Gasteiger partial charge >= 0.3 is 0 Å². The van der Waals surface area contributed by atoms with Gasteiger partial charge in [0.15, 0.2) is 0 Å². The second-order valence-corrected chi connectivity index (χ2v) is 3.82. The predicted octanol–water partition coefficient (Wildman–Crippen LogP) is 2.10. The molecule has 1 heterocycles. The topological polar surface area (TPSA) is 47.0 Å². The fourth-order valence-electron chi connectivity index (χ4n) is 1.56. The molecule has 0 spiro atoms. The summed E-state index contributed by atoms with van der Waals surface area (Å²) >= 11 is 0. The zero-order valence-electron chi connectivity index (χ0n) is 9.50. The van der Waals surface area contributed by atoms with Gasteiger partial charge in [0.25, 0.3) is 0 Å². The van der Waals surface area contributed by atoms with Crippen molar-refractivity contribution in [3.63, 3.8) is 0 Å². The number of nitrogens with one attached hydrogen (secondary N) is 1. The van der Waals surface area contributed by atoms with E-state index in [1.54, 1.807) is 0 Å². The normalized spacial score (nSPS) is 15.1. The lowest BCUT2D eigenvalue weighted by Gasteiger charge is -2.11. The number of hydrogen-bond acceptors (Lipinski definition) is 4. The van der Waals surface area contributed by atoms with Crippen LogP contribution in [0, 0.1) is 6.92 Å². The van der Waals surface area contributed by atoms with Crippen LogP contribution in [0.1, 0.15) is 37.1 Å². The van der Waals surface area contributed by atoms with E-state index in [9.17, 15) is 0 Å². The molecule has 1 fully saturated rings. The Labute approximate surface area is 90.1 Å². The van der Waals surface area contributed by atoms with Gasteiger partial charge in [0.05, 0.1) is 12.2 Å². The minimum absolute atomic E-state index is 0.553. The quantitative estimate of drug-likeness (QED) is 0.821. The molecule has 1 aromatic rings. The Balaban J connectivity index is 2.37. The van der Waals surface area contributed by atoms with E-state index in [1.165, 1.54) is 12.8 Å². The van der Waals surface area contributed by atoms with Crippen LogP contribution in [0.5, 0.6) is 5.88 Å². The molecule has 1 aromatic heterocycles. The van der Waals surface area contributed by atoms with Gasteiger partial charge in [-0.25, -0.2) is 4.98 Å². The van der Waals surface area contributed by atoms with Crippen LogP contribution >= 0.6 is 0 Å². The standard InChI is InChI=1S/C11H17N3O/c1-4-15-11-7(2)9(12-3)13-10(14-11)8-5-6-8/h8H,4-6H2,1-3H3,(H,12,13,14). The van der Waals surface area contributed by atoms with Gasteiger partial charge in [0, 0.05) is 13.0 Å². The summed E-state index contributed by atoms with van der Waals surface area (Å²) in [5, 5.41) is 3.09. The molecule has 1 aliphatic carbocycles. The summed E-state index contributed by atoms with van der Waals surface area (Å²) in [4.78, 5) is 8.95. The summed E-state index contributed by atoms with van der Waals surface area (Å²) in [6.45, 7) is 4.59. The summed E-state index contributed by atoms with van der Waals surface area (Å²) in [7, 11) is 1.88. The molecule has 4 heteroatoms. The van der Waals surface area contributed by atoms with Crippen molar-refractivity contribution >= 4 is 5.82 Å². The number of rotatable bonds is 4. The average molecular weight is 207 g/mol. The second kappa shape index (κ2) is 4.04. The Hall–Kier alpha value is -1.32. The molecule has 0 bridgehead atoms. The molecule has 0 aromatic carbocycles. The van der Waals surface area contributed by atoms with Gasteiger partial charge in [0.1, 0.15) is 11.6 Å². The first-order valence-electron chi connectivity index (χ1n) is 5.45. The van der Waals surface area contributed by atoms with Crippen molar-refractivity contribution < 1.29 is 4.74 Å². The Bertz CT molecular complexity index is 361. The van der Waals surface area contributed by atoms with Crippen LogP contribution < -0.4 is 10.1 Å². The third-order valence-corrected chi connectivity index (χ3v) is 2.58. The highest BCUT2D eigenvalue weighted by Gasteiger charge is 2.28. The smallest absolute Gasteiger partial charge is 0.221 e. The van der Waals surface area contributed by atoms with E-state index in [0.717, 1.165) is 23.1 Å². The Morgan fingerprint density at radius 1 is 1.40 bits per heavy atom. The molecule has 0 amide bonds. The lowest BCUT2D eigenvalue weighted by molar-refractivity contribution is 0.322. The van der Waals surface area contributed by atoms with E-state index in [1.807, 2.05) is 20.9 Å². The first-order chi connectivity index (χ1) is 7.26. The molecule has 82 valence electrons. The minimum Gasteiger partial charge on any atom is -0.478 e. The molecule has 2 rings (SSSR count). The molecule has 1 aliphatic rings. The molecule has 0 atom stereocenters. The van der Waals surface area contributed by atoms with Gasteiger partial charge < -0.3 is 10.1 Å². The maximum absolute atomic E-state index is 5.51. The lowest BCUT2D eigenvalue weighted by atomic mass is 10.3. The summed E-state index contributed by atoms with van der Waals surface area (Å²) in [5.41, 5.74) is 0.990. The van der Waals surface area contributed by atoms with Crippen molar-refractivity contribution in [2.45, 2.75) is 32.6 Å². The van der Waals surface area contributed by atoms with Crippen molar-refractivity contribution in [3.05, 3.63) is 11.4 Å². The van der Waals surface area contributed by atoms with Gasteiger partial charge in [-0.1, -0.05) is 0 Å². The number of ether oxygens (including phenoxy) is 1. The molecule has 0 radical (unpaired) electrons. The van der Waals surface area contributed by atoms with Crippen molar-refractivity contribution in [1.82, 2.24) is 9.97 Å². The van der Waals surface area contributed by atoms with Gasteiger partial charge in [-0.05, 0) is 26.7 Å². The summed E-state index contributed by atoms with van der Waals surface area (Å²) in [6.07, 6.45) is 2.41. The average Bonchev–Trinajstić information content (AvgIpc) is 3.05. The van der Waals surface area contributed by atoms with Crippen molar-refractivity contribution in [1.29, 1.82) is 0 Å². The van der Waals surface area contributed by atoms with Crippen LogP contribution in [0.25, 0.3) is 0 Å². The lowest BCUT2D eigenvalue weighted by Crippen LogP contribution is -2.06. The molecule has 0 saturated heterocycles. The maximum Gasteiger partial charge on any atom is 0.221 e. The Kier molecular flexibility index (Phi) is 2.75. The Morgan fingerprint density at radius 3 is 2.67 bits per heavy atom. The zero-order chi connectivity index (χ0) is 10.8. The predicted molar refractivity (Wildman–Crippen MR) is 59.5 cm³/mol. The number of aromatic nitrogens is 2. The summed E-state index contributed by atoms with van der Waals surface area (Å²) < 4.78 is 5.51. The monoisotopic (exact) mass is 207 g/mol. The third kappa shape index (κ3) is 2.03. The van der Waals surface area contributed by atoms with Crippen LogP contribution in [0.2, 0.25) is 0 Å². The van der Waals surface area contributed by atoms with Gasteiger partial charge in [0.2, 0.25) is 5.88 Å². The van der Waals surface area contributed by atoms with E-state index < -0.39 is 0 Å². The van der Waals surface area contributed by atoms with Gasteiger partial charge in [-0.15, -0.1) is 0 Å². The van der Waals surface area contributed by atoms with Crippen molar-refractivity contribution in [2.75, 3.05) is 19.0 Å². The van der Waals surface area contributed by atoms with E-state index in [2.05, 4.69) is 15.3 Å². The van der Waals surface area contributed by atoms with E-state index in [-0.39, 0.29) is 0 Å². The van der Waals surface area contributed by atoms with E-state index in [4.69, 9.17) is 4.74 Å². The highest BCUT2D eigenvalue weighted by molar-refractivity contribution is 5.48. The molecular formula is C11H17N3O. The molecule has 4 nitrogen and oxygen atoms in total. The van der Waals surface area contributed by atoms with Gasteiger partial charge in [-0.3, -0.25) is 0 Å². The van der Waals surface area contributed by atoms with Crippen LogP contribution in [0.15, 0.2) is 0 Å². The number of anilines is 1. The van der Waals surface area contributed by atoms with E-state index in [0.29, 0.717) is 12.5 Å². The fourth-order valence-corrected chi connectivity index (χ4v) is 1.56. The van der Waals surface area contributed by atoms with E-state index >= 15 is 0 Å². The van der Waals surface area contributed by atoms with Crippen LogP contribution in [0.4, 0.5) is 5.82 Å². The minimum atomic E-state index is 0.553. The molecular weight excluding hydrogens is 190 g/mol. The van der Waals surface area contributed by atoms with Crippen LogP contribution in [-0.4, -0.2) is 23.6 Å². The molecule has 0 unspecified atom stereocenters. The molecule has 0 aliphatic heterocycles. The summed E-state index contributed by atoms with van der Waals surface area (Å²) in [5.74, 6) is 3.08. The Morgan fingerprint density at radius 2 is 2.13 bits per heavy atom. The molecule has 15 heavy (non-hydrogen) atoms. The molecule has 1 saturated carbocycles. The van der Waals surface area contributed by atoms with Crippen molar-refractivity contribution in [2.24, 2.45) is 0 Å². The second-order valence-electron chi connectivity index (χ2n) is 3.82. The van der Waals surface area contributed by atoms with Crippen LogP contribution in [0.3, 0.4) is 0 Å². The fraction of sp³-hybridized carbons (Fsp3) is 0.636. The summed E-state index contributed by atoms with van der Waals surface area (Å²) in [6, 6.07) is 0. The van der Waals surface area contributed by atoms with Crippen molar-refractivity contribution in [3.8, 4) is 5.88 Å². The highest BCUT2D eigenvalue weighted by atomic mass is 16.5. The number of hydrogen-bond donors (Lipinski definition) is 1. The number of nitrogens with zero attached hydrogens (tertiary/aromatic N) is 2. The largest absolute Gasteiger partial charge is 0.478 e. The SMILES string of the molecule is CCOc1nc(C2CC2)nc(NC)c1C. The molecule has 1 N–H and O–H groups in total. The highest BCUT2D eigenvalue weighted by Crippen LogP contribution is 2.39. The zero-order valence-corrected chi connectivity index (χ0v) is 9.50. The maximum atomic E-state index is 5.51.